The van der Waals surface area contributed by atoms with Gasteiger partial charge >= 0.3 is 0 Å². The van der Waals surface area contributed by atoms with E-state index < -0.39 is 5.60 Å². The Balaban J connectivity index is 2.45. The molecule has 0 aliphatic heterocycles. The number of ether oxygens (including phenoxy) is 1. The van der Waals surface area contributed by atoms with Gasteiger partial charge in [0.1, 0.15) is 5.75 Å². The van der Waals surface area contributed by atoms with Gasteiger partial charge in [-0.2, -0.15) is 0 Å². The van der Waals surface area contributed by atoms with Crippen LogP contribution in [0.5, 0.6) is 5.75 Å². The molecule has 0 heterocycles. The molecule has 0 bridgehead atoms. The van der Waals surface area contributed by atoms with Crippen LogP contribution in [0.4, 0.5) is 0 Å². The van der Waals surface area contributed by atoms with E-state index in [2.05, 4.69) is 0 Å². The fourth-order valence-corrected chi connectivity index (χ4v) is 1.60. The normalized spacial score (nSPS) is 18.4. The van der Waals surface area contributed by atoms with Crippen molar-refractivity contribution in [2.24, 2.45) is 0 Å². The highest BCUT2D eigenvalue weighted by atomic mass is 35.5. The van der Waals surface area contributed by atoms with Crippen LogP contribution >= 0.6 is 11.6 Å². The molecule has 0 radical (unpaired) electrons. The van der Waals surface area contributed by atoms with Gasteiger partial charge in [-0.3, -0.25) is 0 Å². The average Bonchev–Trinajstić information content (AvgIpc) is 2.84. The molecule has 2 rings (SSSR count). The van der Waals surface area contributed by atoms with Crippen molar-refractivity contribution in [3.05, 3.63) is 28.8 Å². The third kappa shape index (κ3) is 1.52. The highest BCUT2D eigenvalue weighted by Gasteiger charge is 2.44. The Labute approximate surface area is 82.1 Å². The molecule has 1 aliphatic rings. The van der Waals surface area contributed by atoms with E-state index in [1.165, 1.54) is 0 Å². The number of aliphatic hydroxyl groups is 1. The van der Waals surface area contributed by atoms with E-state index in [0.29, 0.717) is 10.8 Å². The second-order valence-corrected chi connectivity index (χ2v) is 3.81. The predicted molar refractivity (Wildman–Crippen MR) is 51.1 cm³/mol. The van der Waals surface area contributed by atoms with Gasteiger partial charge in [-0.05, 0) is 25.0 Å². The van der Waals surface area contributed by atoms with Gasteiger partial charge in [0.05, 0.1) is 12.7 Å². The second kappa shape index (κ2) is 2.89. The Hall–Kier alpha value is -0.730. The summed E-state index contributed by atoms with van der Waals surface area (Å²) >= 11 is 5.80. The highest BCUT2D eigenvalue weighted by molar-refractivity contribution is 6.30. The van der Waals surface area contributed by atoms with Crippen LogP contribution in [0.25, 0.3) is 0 Å². The predicted octanol–water partition coefficient (Wildman–Crippen LogP) is 2.33. The number of methoxy groups -OCH3 is 1. The van der Waals surface area contributed by atoms with Crippen molar-refractivity contribution < 1.29 is 9.84 Å². The van der Waals surface area contributed by atoms with Gasteiger partial charge in [0.15, 0.2) is 0 Å². The van der Waals surface area contributed by atoms with Crippen LogP contribution in [-0.4, -0.2) is 12.2 Å². The maximum absolute atomic E-state index is 9.88. The van der Waals surface area contributed by atoms with Crippen molar-refractivity contribution in [2.75, 3.05) is 7.11 Å². The Bertz CT molecular complexity index is 332. The van der Waals surface area contributed by atoms with Gasteiger partial charge in [0.2, 0.25) is 0 Å². The molecule has 2 nitrogen and oxygen atoms in total. The lowest BCUT2D eigenvalue weighted by molar-refractivity contribution is 0.147. The molecule has 1 fully saturated rings. The molecule has 0 atom stereocenters. The molecule has 1 aliphatic carbocycles. The number of hydrogen-bond acceptors (Lipinski definition) is 2. The minimum Gasteiger partial charge on any atom is -0.496 e. The standard InChI is InChI=1S/C10H11ClO2/c1-13-9-6-7(11)2-3-8(9)10(12)4-5-10/h2-3,6,12H,4-5H2,1H3. The molecule has 1 saturated carbocycles. The SMILES string of the molecule is COc1cc(Cl)ccc1C1(O)CC1. The molecule has 1 aromatic carbocycles. The van der Waals surface area contributed by atoms with Crippen LogP contribution in [0.2, 0.25) is 5.02 Å². The summed E-state index contributed by atoms with van der Waals surface area (Å²) in [6.07, 6.45) is 1.62. The Morgan fingerprint density at radius 1 is 1.46 bits per heavy atom. The first-order valence-corrected chi connectivity index (χ1v) is 4.60. The van der Waals surface area contributed by atoms with Crippen molar-refractivity contribution >= 4 is 11.6 Å². The van der Waals surface area contributed by atoms with Crippen molar-refractivity contribution in [3.8, 4) is 5.75 Å². The number of rotatable bonds is 2. The number of hydrogen-bond donors (Lipinski definition) is 1. The molecule has 3 heteroatoms. The molecule has 1 aromatic rings. The van der Waals surface area contributed by atoms with Gasteiger partial charge < -0.3 is 9.84 Å². The minimum absolute atomic E-state index is 0.629. The zero-order valence-corrected chi connectivity index (χ0v) is 8.14. The van der Waals surface area contributed by atoms with Crippen molar-refractivity contribution in [1.82, 2.24) is 0 Å². The summed E-state index contributed by atoms with van der Waals surface area (Å²) in [5.41, 5.74) is 0.190. The Morgan fingerprint density at radius 2 is 2.15 bits per heavy atom. The van der Waals surface area contributed by atoms with E-state index in [-0.39, 0.29) is 0 Å². The van der Waals surface area contributed by atoms with Gasteiger partial charge in [0.25, 0.3) is 0 Å². The average molecular weight is 199 g/mol. The van der Waals surface area contributed by atoms with Gasteiger partial charge in [-0.1, -0.05) is 17.7 Å². The summed E-state index contributed by atoms with van der Waals surface area (Å²) in [4.78, 5) is 0. The second-order valence-electron chi connectivity index (χ2n) is 3.38. The Morgan fingerprint density at radius 3 is 2.69 bits per heavy atom. The first-order valence-electron chi connectivity index (χ1n) is 4.22. The number of benzene rings is 1. The van der Waals surface area contributed by atoms with Crippen LogP contribution in [0.3, 0.4) is 0 Å². The maximum Gasteiger partial charge on any atom is 0.126 e. The third-order valence-corrected chi connectivity index (χ3v) is 2.62. The smallest absolute Gasteiger partial charge is 0.126 e. The largest absolute Gasteiger partial charge is 0.496 e. The Kier molecular flexibility index (Phi) is 1.97. The summed E-state index contributed by atoms with van der Waals surface area (Å²) in [5, 5.41) is 10.5. The molecule has 13 heavy (non-hydrogen) atoms. The fourth-order valence-electron chi connectivity index (χ4n) is 1.44. The third-order valence-electron chi connectivity index (χ3n) is 2.39. The van der Waals surface area contributed by atoms with Crippen molar-refractivity contribution in [2.45, 2.75) is 18.4 Å². The van der Waals surface area contributed by atoms with Crippen LogP contribution in [0.1, 0.15) is 18.4 Å². The van der Waals surface area contributed by atoms with Crippen LogP contribution < -0.4 is 4.74 Å². The minimum atomic E-state index is -0.657. The monoisotopic (exact) mass is 198 g/mol. The van der Waals surface area contributed by atoms with Gasteiger partial charge in [0, 0.05) is 10.6 Å². The molecule has 0 spiro atoms. The summed E-state index contributed by atoms with van der Waals surface area (Å²) in [5.74, 6) is 0.674. The lowest BCUT2D eigenvalue weighted by Crippen LogP contribution is -2.06. The molecule has 0 saturated heterocycles. The van der Waals surface area contributed by atoms with Gasteiger partial charge in [-0.15, -0.1) is 0 Å². The quantitative estimate of drug-likeness (QED) is 0.791. The summed E-state index contributed by atoms with van der Waals surface area (Å²) < 4.78 is 5.15. The highest BCUT2D eigenvalue weighted by Crippen LogP contribution is 2.49. The first kappa shape index (κ1) is 8.85. The topological polar surface area (TPSA) is 29.5 Å². The summed E-state index contributed by atoms with van der Waals surface area (Å²) in [6, 6.07) is 5.33. The molecule has 0 unspecified atom stereocenters. The summed E-state index contributed by atoms with van der Waals surface area (Å²) in [7, 11) is 1.58. The zero-order valence-electron chi connectivity index (χ0n) is 7.38. The molecule has 70 valence electrons. The van der Waals surface area contributed by atoms with E-state index in [4.69, 9.17) is 16.3 Å². The fraction of sp³-hybridized carbons (Fsp3) is 0.400. The van der Waals surface area contributed by atoms with Crippen LogP contribution in [-0.2, 0) is 5.60 Å². The van der Waals surface area contributed by atoms with Crippen molar-refractivity contribution in [1.29, 1.82) is 0 Å². The van der Waals surface area contributed by atoms with Crippen LogP contribution in [0.15, 0.2) is 18.2 Å². The van der Waals surface area contributed by atoms with Gasteiger partial charge in [-0.25, -0.2) is 0 Å². The summed E-state index contributed by atoms with van der Waals surface area (Å²) in [6.45, 7) is 0. The lowest BCUT2D eigenvalue weighted by Gasteiger charge is -2.13. The van der Waals surface area contributed by atoms with Crippen molar-refractivity contribution in [3.63, 3.8) is 0 Å². The van der Waals surface area contributed by atoms with E-state index >= 15 is 0 Å². The van der Waals surface area contributed by atoms with E-state index in [0.717, 1.165) is 18.4 Å². The molecule has 0 amide bonds. The lowest BCUT2D eigenvalue weighted by atomic mass is 10.1. The molecular formula is C10H11ClO2. The number of halogens is 1. The first-order chi connectivity index (χ1) is 6.15. The van der Waals surface area contributed by atoms with E-state index in [1.54, 1.807) is 19.2 Å². The molecule has 0 aromatic heterocycles. The molecule has 1 N–H and O–H groups in total. The molecular weight excluding hydrogens is 188 g/mol. The maximum atomic E-state index is 9.88. The zero-order chi connectivity index (χ0) is 9.47. The van der Waals surface area contributed by atoms with E-state index in [9.17, 15) is 5.11 Å². The van der Waals surface area contributed by atoms with E-state index in [1.807, 2.05) is 6.07 Å². The van der Waals surface area contributed by atoms with Crippen LogP contribution in [0, 0.1) is 0 Å².